The van der Waals surface area contributed by atoms with Crippen molar-refractivity contribution < 1.29 is 5.11 Å². The third-order valence-corrected chi connectivity index (χ3v) is 4.50. The van der Waals surface area contributed by atoms with Gasteiger partial charge in [0.05, 0.1) is 11.7 Å². The number of nitrogens with zero attached hydrogens (tertiary/aromatic N) is 3. The van der Waals surface area contributed by atoms with Crippen molar-refractivity contribution in [2.75, 3.05) is 23.7 Å². The number of phenolic OH excluding ortho intramolecular Hbond substituents is 1. The van der Waals surface area contributed by atoms with Crippen LogP contribution in [0.5, 0.6) is 5.75 Å². The summed E-state index contributed by atoms with van der Waals surface area (Å²) in [5.41, 5.74) is 2.61. The number of rotatable bonds is 8. The van der Waals surface area contributed by atoms with E-state index in [4.69, 9.17) is 0 Å². The Morgan fingerprint density at radius 2 is 1.56 bits per heavy atom. The van der Waals surface area contributed by atoms with Gasteiger partial charge in [-0.3, -0.25) is 0 Å². The molecule has 2 aromatic carbocycles. The van der Waals surface area contributed by atoms with Crippen molar-refractivity contribution in [3.05, 3.63) is 65.3 Å². The lowest BCUT2D eigenvalue weighted by Crippen LogP contribution is -2.26. The van der Waals surface area contributed by atoms with Gasteiger partial charge in [0.1, 0.15) is 12.1 Å². The summed E-state index contributed by atoms with van der Waals surface area (Å²) in [4.78, 5) is 12.4. The van der Waals surface area contributed by atoms with Gasteiger partial charge in [-0.15, -0.1) is 0 Å². The van der Waals surface area contributed by atoms with E-state index < -0.39 is 0 Å². The van der Waals surface area contributed by atoms with Gasteiger partial charge in [-0.2, -0.15) is 5.10 Å². The Balaban J connectivity index is 1.55. The average molecular weight is 367 g/mol. The highest BCUT2D eigenvalue weighted by atomic mass is 16.3. The van der Waals surface area contributed by atoms with Crippen LogP contribution in [0.2, 0.25) is 0 Å². The van der Waals surface area contributed by atoms with Gasteiger partial charge >= 0.3 is 5.69 Å². The van der Waals surface area contributed by atoms with Crippen LogP contribution in [0.25, 0.3) is 5.69 Å². The van der Waals surface area contributed by atoms with Crippen molar-refractivity contribution in [3.8, 4) is 11.4 Å². The van der Waals surface area contributed by atoms with Crippen molar-refractivity contribution in [3.63, 3.8) is 0 Å². The van der Waals surface area contributed by atoms with Crippen LogP contribution in [0.1, 0.15) is 26.3 Å². The molecule has 0 spiro atoms. The third kappa shape index (κ3) is 4.49. The molecule has 7 heteroatoms. The summed E-state index contributed by atoms with van der Waals surface area (Å²) in [6.07, 6.45) is 2.43. The molecule has 3 N–H and O–H groups in total. The number of aromatic nitrogens is 3. The maximum Gasteiger partial charge on any atom is 0.350 e. The first kappa shape index (κ1) is 18.6. The molecule has 0 aliphatic heterocycles. The molecular formula is C20H25N5O2. The van der Waals surface area contributed by atoms with Crippen LogP contribution >= 0.6 is 0 Å². The van der Waals surface area contributed by atoms with E-state index in [9.17, 15) is 9.90 Å². The first-order valence-corrected chi connectivity index (χ1v) is 9.12. The van der Waals surface area contributed by atoms with E-state index in [1.165, 1.54) is 4.68 Å². The van der Waals surface area contributed by atoms with E-state index >= 15 is 0 Å². The summed E-state index contributed by atoms with van der Waals surface area (Å²) in [5.74, 6) is 0.257. The van der Waals surface area contributed by atoms with Gasteiger partial charge in [-0.05, 0) is 61.9 Å². The molecule has 1 atom stereocenters. The van der Waals surface area contributed by atoms with E-state index in [0.717, 1.165) is 36.6 Å². The highest BCUT2D eigenvalue weighted by Crippen LogP contribution is 2.14. The molecule has 0 radical (unpaired) electrons. The third-order valence-electron chi connectivity index (χ3n) is 4.50. The van der Waals surface area contributed by atoms with Crippen LogP contribution in [0.15, 0.2) is 59.7 Å². The number of hydrogen-bond acceptors (Lipinski definition) is 5. The molecule has 142 valence electrons. The Labute approximate surface area is 158 Å². The smallest absolute Gasteiger partial charge is 0.350 e. The van der Waals surface area contributed by atoms with Crippen molar-refractivity contribution in [2.45, 2.75) is 26.3 Å². The van der Waals surface area contributed by atoms with Crippen molar-refractivity contribution in [2.24, 2.45) is 0 Å². The molecular weight excluding hydrogens is 342 g/mol. The summed E-state index contributed by atoms with van der Waals surface area (Å²) in [5, 5.41) is 20.1. The van der Waals surface area contributed by atoms with Gasteiger partial charge in [-0.25, -0.2) is 14.0 Å². The summed E-state index contributed by atoms with van der Waals surface area (Å²) < 4.78 is 3.07. The minimum atomic E-state index is -0.122. The summed E-state index contributed by atoms with van der Waals surface area (Å²) in [6, 6.07) is 14.8. The summed E-state index contributed by atoms with van der Waals surface area (Å²) in [6.45, 7) is 5.50. The lowest BCUT2D eigenvalue weighted by molar-refractivity contribution is 0.460. The SMILES string of the molecule is CC[C@H](C)n1ncn(-c2ccc(NCCNc3ccc(O)cc3)cc2)c1=O. The average Bonchev–Trinajstić information content (AvgIpc) is 3.08. The molecule has 0 fully saturated rings. The normalized spacial score (nSPS) is 11.9. The highest BCUT2D eigenvalue weighted by molar-refractivity contribution is 5.49. The van der Waals surface area contributed by atoms with E-state index in [2.05, 4.69) is 15.7 Å². The molecule has 7 nitrogen and oxygen atoms in total. The second-order valence-electron chi connectivity index (χ2n) is 6.43. The van der Waals surface area contributed by atoms with E-state index in [0.29, 0.717) is 0 Å². The van der Waals surface area contributed by atoms with Gasteiger partial charge in [-0.1, -0.05) is 6.92 Å². The zero-order chi connectivity index (χ0) is 19.2. The molecule has 1 aromatic heterocycles. The second-order valence-corrected chi connectivity index (χ2v) is 6.43. The number of phenols is 1. The minimum absolute atomic E-state index is 0.0840. The van der Waals surface area contributed by atoms with E-state index in [-0.39, 0.29) is 17.5 Å². The second kappa shape index (κ2) is 8.44. The molecule has 0 bridgehead atoms. The number of benzene rings is 2. The number of aromatic hydroxyl groups is 1. The fourth-order valence-electron chi connectivity index (χ4n) is 2.70. The zero-order valence-electron chi connectivity index (χ0n) is 15.6. The molecule has 3 rings (SSSR count). The fraction of sp³-hybridized carbons (Fsp3) is 0.300. The Morgan fingerprint density at radius 3 is 2.11 bits per heavy atom. The van der Waals surface area contributed by atoms with Gasteiger partial charge in [0.2, 0.25) is 0 Å². The lowest BCUT2D eigenvalue weighted by atomic mass is 10.2. The first-order chi connectivity index (χ1) is 13.1. The Morgan fingerprint density at radius 1 is 1.00 bits per heavy atom. The van der Waals surface area contributed by atoms with Crippen LogP contribution in [0.3, 0.4) is 0 Å². The molecule has 0 unspecified atom stereocenters. The molecule has 0 saturated carbocycles. The largest absolute Gasteiger partial charge is 0.508 e. The maximum absolute atomic E-state index is 12.4. The van der Waals surface area contributed by atoms with Gasteiger partial charge in [0, 0.05) is 24.5 Å². The molecule has 0 aliphatic rings. The maximum atomic E-state index is 12.4. The molecule has 3 aromatic rings. The standard InChI is InChI=1S/C20H25N5O2/c1-3-15(2)25-20(27)24(14-23-25)18-8-4-16(5-9-18)21-12-13-22-17-6-10-19(26)11-7-17/h4-11,14-15,21-22,26H,3,12-13H2,1-2H3/t15-/m0/s1. The van der Waals surface area contributed by atoms with Crippen molar-refractivity contribution >= 4 is 11.4 Å². The Hall–Kier alpha value is -3.22. The first-order valence-electron chi connectivity index (χ1n) is 9.12. The highest BCUT2D eigenvalue weighted by Gasteiger charge is 2.11. The molecule has 0 amide bonds. The Kier molecular flexibility index (Phi) is 5.80. The van der Waals surface area contributed by atoms with E-state index in [1.807, 2.05) is 50.2 Å². The fourth-order valence-corrected chi connectivity index (χ4v) is 2.70. The number of hydrogen-bond donors (Lipinski definition) is 3. The van der Waals surface area contributed by atoms with Crippen molar-refractivity contribution in [1.29, 1.82) is 0 Å². The van der Waals surface area contributed by atoms with Crippen LogP contribution in [0, 0.1) is 0 Å². The predicted octanol–water partition coefficient (Wildman–Crippen LogP) is 3.23. The summed E-state index contributed by atoms with van der Waals surface area (Å²) in [7, 11) is 0. The summed E-state index contributed by atoms with van der Waals surface area (Å²) >= 11 is 0. The molecule has 0 aliphatic carbocycles. The Bertz CT molecular complexity index is 913. The zero-order valence-corrected chi connectivity index (χ0v) is 15.6. The lowest BCUT2D eigenvalue weighted by Gasteiger charge is -2.10. The van der Waals surface area contributed by atoms with Crippen LogP contribution < -0.4 is 16.3 Å². The number of anilines is 2. The quantitative estimate of drug-likeness (QED) is 0.420. The number of nitrogens with one attached hydrogen (secondary N) is 2. The van der Waals surface area contributed by atoms with Gasteiger partial charge in [0.25, 0.3) is 0 Å². The molecule has 1 heterocycles. The van der Waals surface area contributed by atoms with Crippen LogP contribution in [-0.4, -0.2) is 32.5 Å². The van der Waals surface area contributed by atoms with Crippen molar-refractivity contribution in [1.82, 2.24) is 14.3 Å². The molecule has 0 saturated heterocycles. The monoisotopic (exact) mass is 367 g/mol. The van der Waals surface area contributed by atoms with E-state index in [1.54, 1.807) is 23.0 Å². The topological polar surface area (TPSA) is 84.1 Å². The van der Waals surface area contributed by atoms with Crippen LogP contribution in [-0.2, 0) is 0 Å². The van der Waals surface area contributed by atoms with Gasteiger partial charge < -0.3 is 15.7 Å². The predicted molar refractivity (Wildman–Crippen MR) is 108 cm³/mol. The van der Waals surface area contributed by atoms with Gasteiger partial charge in [0.15, 0.2) is 0 Å². The minimum Gasteiger partial charge on any atom is -0.508 e. The molecule has 27 heavy (non-hydrogen) atoms. The van der Waals surface area contributed by atoms with Crippen LogP contribution in [0.4, 0.5) is 11.4 Å².